The van der Waals surface area contributed by atoms with Crippen LogP contribution in [-0.4, -0.2) is 39.8 Å². The predicted molar refractivity (Wildman–Crippen MR) is 82.4 cm³/mol. The summed E-state index contributed by atoms with van der Waals surface area (Å²) in [5.41, 5.74) is 0. The SMILES string of the molecule is CS(=O)(=O)c1nnc(CCCNS(=O)(=O)c2ccc(Cl)cc2)o1. The zero-order valence-electron chi connectivity index (χ0n) is 12.1. The van der Waals surface area contributed by atoms with Gasteiger partial charge in [-0.05, 0) is 30.7 Å². The molecule has 1 N–H and O–H groups in total. The van der Waals surface area contributed by atoms with E-state index in [2.05, 4.69) is 14.9 Å². The van der Waals surface area contributed by atoms with Crippen LogP contribution in [0.3, 0.4) is 0 Å². The molecular formula is C12H14ClN3O5S2. The maximum atomic E-state index is 12.0. The van der Waals surface area contributed by atoms with Crippen LogP contribution in [0.2, 0.25) is 5.02 Å². The zero-order chi connectivity index (χ0) is 17.1. The highest BCUT2D eigenvalue weighted by molar-refractivity contribution is 7.90. The van der Waals surface area contributed by atoms with Gasteiger partial charge in [0, 0.05) is 24.2 Å². The molecule has 0 aliphatic carbocycles. The Hall–Kier alpha value is -1.49. The summed E-state index contributed by atoms with van der Waals surface area (Å²) in [7, 11) is -7.16. The van der Waals surface area contributed by atoms with Crippen LogP contribution in [0.5, 0.6) is 0 Å². The molecule has 0 aliphatic rings. The molecule has 11 heteroatoms. The van der Waals surface area contributed by atoms with Crippen LogP contribution in [0.1, 0.15) is 12.3 Å². The minimum absolute atomic E-state index is 0.110. The molecule has 2 rings (SSSR count). The lowest BCUT2D eigenvalue weighted by Crippen LogP contribution is -2.25. The van der Waals surface area contributed by atoms with Crippen LogP contribution < -0.4 is 4.72 Å². The normalized spacial score (nSPS) is 12.4. The van der Waals surface area contributed by atoms with Gasteiger partial charge in [0.25, 0.3) is 0 Å². The zero-order valence-corrected chi connectivity index (χ0v) is 14.4. The van der Waals surface area contributed by atoms with Crippen LogP contribution in [0.4, 0.5) is 0 Å². The van der Waals surface area contributed by atoms with Crippen molar-refractivity contribution in [2.24, 2.45) is 0 Å². The highest BCUT2D eigenvalue weighted by Gasteiger charge is 2.17. The van der Waals surface area contributed by atoms with Gasteiger partial charge >= 0.3 is 5.22 Å². The summed E-state index contributed by atoms with van der Waals surface area (Å²) in [4.78, 5) is 0.110. The Morgan fingerprint density at radius 2 is 1.78 bits per heavy atom. The van der Waals surface area contributed by atoms with Crippen LogP contribution in [0.15, 0.2) is 38.8 Å². The number of halogens is 1. The number of nitrogens with zero attached hydrogens (tertiary/aromatic N) is 2. The predicted octanol–water partition coefficient (Wildman–Crippen LogP) is 1.04. The van der Waals surface area contributed by atoms with E-state index in [4.69, 9.17) is 16.0 Å². The number of sulfone groups is 1. The second-order valence-electron chi connectivity index (χ2n) is 4.69. The Kier molecular flexibility index (Phi) is 5.40. The van der Waals surface area contributed by atoms with Gasteiger partial charge < -0.3 is 4.42 Å². The molecule has 0 bridgehead atoms. The third-order valence-electron chi connectivity index (χ3n) is 2.75. The lowest BCUT2D eigenvalue weighted by atomic mass is 10.3. The van der Waals surface area contributed by atoms with Crippen molar-refractivity contribution < 1.29 is 21.3 Å². The molecule has 2 aromatic rings. The van der Waals surface area contributed by atoms with Gasteiger partial charge in [0.2, 0.25) is 25.8 Å². The molecule has 0 radical (unpaired) electrons. The van der Waals surface area contributed by atoms with E-state index in [1.807, 2.05) is 0 Å². The van der Waals surface area contributed by atoms with Gasteiger partial charge in [0.1, 0.15) is 0 Å². The summed E-state index contributed by atoms with van der Waals surface area (Å²) < 4.78 is 53.8. The molecule has 0 aliphatic heterocycles. The Morgan fingerprint density at radius 1 is 1.13 bits per heavy atom. The number of hydrogen-bond donors (Lipinski definition) is 1. The van der Waals surface area contributed by atoms with Gasteiger partial charge in [-0.2, -0.15) is 0 Å². The Morgan fingerprint density at radius 3 is 2.35 bits per heavy atom. The van der Waals surface area contributed by atoms with Gasteiger partial charge in [-0.15, -0.1) is 5.10 Å². The molecule has 0 saturated carbocycles. The molecule has 0 unspecified atom stereocenters. The lowest BCUT2D eigenvalue weighted by Gasteiger charge is -2.05. The highest BCUT2D eigenvalue weighted by atomic mass is 35.5. The van der Waals surface area contributed by atoms with Crippen molar-refractivity contribution in [2.75, 3.05) is 12.8 Å². The van der Waals surface area contributed by atoms with Crippen molar-refractivity contribution in [3.8, 4) is 0 Å². The number of rotatable bonds is 7. The topological polar surface area (TPSA) is 119 Å². The minimum atomic E-state index is -3.62. The third kappa shape index (κ3) is 4.99. The maximum Gasteiger partial charge on any atom is 0.335 e. The summed E-state index contributed by atoms with van der Waals surface area (Å²) in [6.45, 7) is 0.140. The fourth-order valence-corrected chi connectivity index (χ4v) is 3.27. The third-order valence-corrected chi connectivity index (χ3v) is 5.28. The van der Waals surface area contributed by atoms with E-state index in [0.29, 0.717) is 11.4 Å². The number of aryl methyl sites for hydroxylation is 1. The van der Waals surface area contributed by atoms with Crippen molar-refractivity contribution >= 4 is 31.5 Å². The van der Waals surface area contributed by atoms with E-state index >= 15 is 0 Å². The molecule has 1 aromatic heterocycles. The number of nitrogens with one attached hydrogen (secondary N) is 1. The lowest BCUT2D eigenvalue weighted by molar-refractivity contribution is 0.394. The number of hydrogen-bond acceptors (Lipinski definition) is 7. The maximum absolute atomic E-state index is 12.0. The molecule has 23 heavy (non-hydrogen) atoms. The molecule has 0 spiro atoms. The molecule has 8 nitrogen and oxygen atoms in total. The Balaban J connectivity index is 1.87. The largest absolute Gasteiger partial charge is 0.413 e. The smallest absolute Gasteiger partial charge is 0.335 e. The van der Waals surface area contributed by atoms with E-state index in [9.17, 15) is 16.8 Å². The van der Waals surface area contributed by atoms with Crippen molar-refractivity contribution in [1.29, 1.82) is 0 Å². The number of sulfonamides is 1. The standard InChI is InChI=1S/C12H14ClN3O5S2/c1-22(17,18)12-16-15-11(21-12)3-2-8-14-23(19,20)10-6-4-9(13)5-7-10/h4-7,14H,2-3,8H2,1H3. The van der Waals surface area contributed by atoms with Crippen molar-refractivity contribution in [3.63, 3.8) is 0 Å². The average molecular weight is 380 g/mol. The molecule has 0 amide bonds. The van der Waals surface area contributed by atoms with Crippen molar-refractivity contribution in [3.05, 3.63) is 35.2 Å². The fraction of sp³-hybridized carbons (Fsp3) is 0.333. The van der Waals surface area contributed by atoms with Gasteiger partial charge in [-0.25, -0.2) is 21.6 Å². The first-order chi connectivity index (χ1) is 10.7. The van der Waals surface area contributed by atoms with Gasteiger partial charge in [-0.1, -0.05) is 16.7 Å². The van der Waals surface area contributed by atoms with E-state index < -0.39 is 25.1 Å². The molecule has 0 fully saturated rings. The molecule has 126 valence electrons. The summed E-state index contributed by atoms with van der Waals surface area (Å²) in [6.07, 6.45) is 1.59. The van der Waals surface area contributed by atoms with E-state index in [1.54, 1.807) is 0 Å². The molecule has 1 heterocycles. The van der Waals surface area contributed by atoms with E-state index in [1.165, 1.54) is 24.3 Å². The van der Waals surface area contributed by atoms with Crippen LogP contribution >= 0.6 is 11.6 Å². The Bertz CT molecular complexity index is 876. The van der Waals surface area contributed by atoms with Crippen LogP contribution in [-0.2, 0) is 26.3 Å². The first kappa shape index (κ1) is 17.9. The molecule has 0 atom stereocenters. The van der Waals surface area contributed by atoms with Crippen LogP contribution in [0, 0.1) is 0 Å². The number of benzene rings is 1. The fourth-order valence-electron chi connectivity index (χ4n) is 1.63. The van der Waals surface area contributed by atoms with Gasteiger partial charge in [-0.3, -0.25) is 0 Å². The molecule has 0 saturated heterocycles. The van der Waals surface area contributed by atoms with Crippen LogP contribution in [0.25, 0.3) is 0 Å². The first-order valence-electron chi connectivity index (χ1n) is 6.46. The second kappa shape index (κ2) is 6.95. The van der Waals surface area contributed by atoms with E-state index in [-0.39, 0.29) is 23.8 Å². The first-order valence-corrected chi connectivity index (χ1v) is 10.2. The summed E-state index contributed by atoms with van der Waals surface area (Å²) in [5, 5.41) is 7.01. The van der Waals surface area contributed by atoms with E-state index in [0.717, 1.165) is 6.26 Å². The average Bonchev–Trinajstić information content (AvgIpc) is 2.93. The van der Waals surface area contributed by atoms with Gasteiger partial charge in [0.15, 0.2) is 0 Å². The summed E-state index contributed by atoms with van der Waals surface area (Å²) >= 11 is 5.71. The number of aromatic nitrogens is 2. The summed E-state index contributed by atoms with van der Waals surface area (Å²) in [5.74, 6) is 0.135. The molecular weight excluding hydrogens is 366 g/mol. The second-order valence-corrected chi connectivity index (χ2v) is 8.79. The summed E-state index contributed by atoms with van der Waals surface area (Å²) in [6, 6.07) is 5.78. The van der Waals surface area contributed by atoms with Crippen molar-refractivity contribution in [2.45, 2.75) is 23.0 Å². The Labute approximate surface area is 138 Å². The minimum Gasteiger partial charge on any atom is -0.413 e. The van der Waals surface area contributed by atoms with Crippen molar-refractivity contribution in [1.82, 2.24) is 14.9 Å². The molecule has 1 aromatic carbocycles. The highest BCUT2D eigenvalue weighted by Crippen LogP contribution is 2.14. The monoisotopic (exact) mass is 379 g/mol. The quantitative estimate of drug-likeness (QED) is 0.713. The van der Waals surface area contributed by atoms with Gasteiger partial charge in [0.05, 0.1) is 4.90 Å².